The maximum absolute atomic E-state index is 14.7. The van der Waals surface area contributed by atoms with E-state index < -0.39 is 17.0 Å². The summed E-state index contributed by atoms with van der Waals surface area (Å²) in [4.78, 5) is 14.7. The van der Waals surface area contributed by atoms with Crippen LogP contribution in [0.2, 0.25) is 0 Å². The molecule has 0 radical (unpaired) electrons. The first-order chi connectivity index (χ1) is 29.3. The first-order valence-corrected chi connectivity index (χ1v) is 19.5. The summed E-state index contributed by atoms with van der Waals surface area (Å²) in [7, 11) is 0. The van der Waals surface area contributed by atoms with E-state index in [-0.39, 0.29) is 11.6 Å². The average molecular weight is 785 g/mol. The fourth-order valence-electron chi connectivity index (χ4n) is 9.61. The molecular formula is C52H28F4N4. The lowest BCUT2D eigenvalue weighted by atomic mass is 9.70. The Hall–Kier alpha value is -7.71. The molecule has 2 aliphatic carbocycles. The second-order valence-corrected chi connectivity index (χ2v) is 15.3. The van der Waals surface area contributed by atoms with Crippen molar-refractivity contribution in [3.8, 4) is 62.1 Å². The van der Waals surface area contributed by atoms with Gasteiger partial charge in [-0.05, 0) is 148 Å². The Kier molecular flexibility index (Phi) is 7.24. The third-order valence-corrected chi connectivity index (χ3v) is 12.1. The van der Waals surface area contributed by atoms with Gasteiger partial charge in [0.05, 0.1) is 16.4 Å². The molecule has 0 N–H and O–H groups in total. The molecule has 2 aromatic heterocycles. The van der Waals surface area contributed by atoms with Gasteiger partial charge in [0, 0.05) is 33.2 Å². The van der Waals surface area contributed by atoms with Gasteiger partial charge in [0.2, 0.25) is 0 Å². The highest BCUT2D eigenvalue weighted by Crippen LogP contribution is 2.63. The van der Waals surface area contributed by atoms with Crippen LogP contribution in [0.15, 0.2) is 170 Å². The number of benzene rings is 8. The van der Waals surface area contributed by atoms with Crippen molar-refractivity contribution >= 4 is 21.8 Å². The van der Waals surface area contributed by atoms with Crippen molar-refractivity contribution in [1.29, 1.82) is 0 Å². The second kappa shape index (κ2) is 12.6. The fraction of sp³-hybridized carbons (Fsp3) is 0.0192. The first kappa shape index (κ1) is 34.3. The SMILES string of the molecule is Fc1ccc(-c2nc(-c3ccc(F)cc3)nc(-c3ccc4c(c3)C3(c5ccccc5-4)c4ccccc4-c4ccc(-n5c6ccc(F)cc6c6cc(F)ccc65)cc43)n2)cc1. The van der Waals surface area contributed by atoms with Crippen LogP contribution >= 0.6 is 0 Å². The number of rotatable bonds is 4. The van der Waals surface area contributed by atoms with Crippen LogP contribution in [0.4, 0.5) is 17.6 Å². The van der Waals surface area contributed by atoms with Crippen LogP contribution in [0.1, 0.15) is 22.3 Å². The summed E-state index contributed by atoms with van der Waals surface area (Å²) in [6.45, 7) is 0. The van der Waals surface area contributed by atoms with E-state index in [9.17, 15) is 17.6 Å². The largest absolute Gasteiger partial charge is 0.309 e. The van der Waals surface area contributed by atoms with E-state index in [1.807, 2.05) is 6.07 Å². The van der Waals surface area contributed by atoms with Crippen molar-refractivity contribution in [2.75, 3.05) is 0 Å². The van der Waals surface area contributed by atoms with Crippen LogP contribution in [-0.4, -0.2) is 19.5 Å². The Morgan fingerprint density at radius 2 is 0.767 bits per heavy atom. The molecule has 10 aromatic rings. The number of hydrogen-bond donors (Lipinski definition) is 0. The van der Waals surface area contributed by atoms with Gasteiger partial charge in [0.1, 0.15) is 23.3 Å². The minimum absolute atomic E-state index is 0.352. The zero-order chi connectivity index (χ0) is 40.3. The van der Waals surface area contributed by atoms with E-state index in [1.165, 1.54) is 48.5 Å². The maximum atomic E-state index is 14.7. The molecule has 0 bridgehead atoms. The predicted octanol–water partition coefficient (Wildman–Crippen LogP) is 12.9. The van der Waals surface area contributed by atoms with Gasteiger partial charge in [-0.2, -0.15) is 0 Å². The first-order valence-electron chi connectivity index (χ1n) is 19.5. The van der Waals surface area contributed by atoms with Gasteiger partial charge >= 0.3 is 0 Å². The average Bonchev–Trinajstić information content (AvgIpc) is 3.87. The predicted molar refractivity (Wildman–Crippen MR) is 227 cm³/mol. The van der Waals surface area contributed by atoms with E-state index in [0.29, 0.717) is 39.4 Å². The molecule has 60 heavy (non-hydrogen) atoms. The van der Waals surface area contributed by atoms with E-state index in [1.54, 1.807) is 36.4 Å². The molecule has 0 saturated carbocycles. The van der Waals surface area contributed by atoms with Gasteiger partial charge in [-0.1, -0.05) is 66.7 Å². The molecule has 284 valence electrons. The molecule has 2 aliphatic rings. The summed E-state index contributed by atoms with van der Waals surface area (Å²) in [6, 6.07) is 51.0. The Morgan fingerprint density at radius 3 is 1.30 bits per heavy atom. The van der Waals surface area contributed by atoms with Crippen LogP contribution in [-0.2, 0) is 5.41 Å². The van der Waals surface area contributed by atoms with Crippen molar-refractivity contribution in [2.24, 2.45) is 0 Å². The molecule has 1 unspecified atom stereocenters. The molecule has 12 rings (SSSR count). The molecule has 1 atom stereocenters. The van der Waals surface area contributed by atoms with E-state index >= 15 is 0 Å². The van der Waals surface area contributed by atoms with Gasteiger partial charge in [0.15, 0.2) is 17.5 Å². The number of hydrogen-bond acceptors (Lipinski definition) is 3. The highest BCUT2D eigenvalue weighted by atomic mass is 19.1. The van der Waals surface area contributed by atoms with Crippen LogP contribution in [0.3, 0.4) is 0 Å². The quantitative estimate of drug-likeness (QED) is 0.167. The Balaban J connectivity index is 1.12. The molecular weight excluding hydrogens is 757 g/mol. The van der Waals surface area contributed by atoms with Crippen LogP contribution in [0.25, 0.3) is 83.9 Å². The summed E-state index contributed by atoms with van der Waals surface area (Å²) in [5.74, 6) is -0.431. The van der Waals surface area contributed by atoms with Gasteiger partial charge in [0.25, 0.3) is 0 Å². The van der Waals surface area contributed by atoms with Crippen LogP contribution in [0.5, 0.6) is 0 Å². The van der Waals surface area contributed by atoms with E-state index in [0.717, 1.165) is 66.8 Å². The van der Waals surface area contributed by atoms with Gasteiger partial charge < -0.3 is 4.57 Å². The van der Waals surface area contributed by atoms with Gasteiger partial charge in [-0.25, -0.2) is 32.5 Å². The lowest BCUT2D eigenvalue weighted by Crippen LogP contribution is -2.26. The molecule has 0 saturated heterocycles. The summed E-state index contributed by atoms with van der Waals surface area (Å²) in [5, 5.41) is 1.25. The molecule has 1 spiro atoms. The Morgan fingerprint density at radius 1 is 0.350 bits per heavy atom. The zero-order valence-corrected chi connectivity index (χ0v) is 31.5. The minimum atomic E-state index is -0.770. The van der Waals surface area contributed by atoms with Crippen LogP contribution < -0.4 is 0 Å². The van der Waals surface area contributed by atoms with E-state index in [2.05, 4.69) is 83.4 Å². The third kappa shape index (κ3) is 4.88. The Bertz CT molecular complexity index is 3290. The topological polar surface area (TPSA) is 43.6 Å². The molecule has 0 amide bonds. The molecule has 4 nitrogen and oxygen atoms in total. The van der Waals surface area contributed by atoms with Gasteiger partial charge in [-0.3, -0.25) is 0 Å². The lowest BCUT2D eigenvalue weighted by Gasteiger charge is -2.31. The van der Waals surface area contributed by atoms with Crippen molar-refractivity contribution in [1.82, 2.24) is 19.5 Å². The maximum Gasteiger partial charge on any atom is 0.164 e. The Labute approximate surface area is 340 Å². The highest BCUT2D eigenvalue weighted by molar-refractivity contribution is 6.09. The standard InChI is InChI=1S/C52H28F4N4/c53-32-14-9-29(10-15-32)49-57-50(30-11-16-33(54)17-12-30)59-51(58-49)31-13-21-39-37-5-1-3-7-43(37)52(45(39)25-31)44-8-4-2-6-38(44)40-22-20-36(28-46(40)52)60-47-23-18-34(55)26-41(47)42-27-35(56)19-24-48(42)60/h1-28H. The van der Waals surface area contributed by atoms with E-state index in [4.69, 9.17) is 15.0 Å². The summed E-state index contributed by atoms with van der Waals surface area (Å²) in [5.41, 5.74) is 12.3. The molecule has 8 aromatic carbocycles. The normalized spacial score (nSPS) is 14.7. The van der Waals surface area contributed by atoms with Crippen LogP contribution in [0, 0.1) is 23.3 Å². The van der Waals surface area contributed by atoms with Crippen molar-refractivity contribution in [3.05, 3.63) is 215 Å². The molecule has 0 fully saturated rings. The minimum Gasteiger partial charge on any atom is -0.309 e. The third-order valence-electron chi connectivity index (χ3n) is 12.1. The zero-order valence-electron chi connectivity index (χ0n) is 31.5. The lowest BCUT2D eigenvalue weighted by molar-refractivity contribution is 0.627. The molecule has 2 heterocycles. The smallest absolute Gasteiger partial charge is 0.164 e. The van der Waals surface area contributed by atoms with Gasteiger partial charge in [-0.15, -0.1) is 0 Å². The van der Waals surface area contributed by atoms with Crippen molar-refractivity contribution in [3.63, 3.8) is 0 Å². The highest BCUT2D eigenvalue weighted by Gasteiger charge is 2.52. The van der Waals surface area contributed by atoms with Crippen molar-refractivity contribution in [2.45, 2.75) is 5.41 Å². The summed E-state index contributed by atoms with van der Waals surface area (Å²) >= 11 is 0. The number of fused-ring (bicyclic) bond motifs is 13. The summed E-state index contributed by atoms with van der Waals surface area (Å²) < 4.78 is 59.7. The van der Waals surface area contributed by atoms with Crippen molar-refractivity contribution < 1.29 is 17.6 Å². The number of halogens is 4. The number of nitrogens with zero attached hydrogens (tertiary/aromatic N) is 4. The molecule has 0 aliphatic heterocycles. The second-order valence-electron chi connectivity index (χ2n) is 15.3. The summed E-state index contributed by atoms with van der Waals surface area (Å²) in [6.07, 6.45) is 0. The monoisotopic (exact) mass is 784 g/mol. The molecule has 8 heteroatoms. The fourth-order valence-corrected chi connectivity index (χ4v) is 9.61. The number of aromatic nitrogens is 4.